The number of hydrogen-bond acceptors (Lipinski definition) is 6. The number of nitrogens with zero attached hydrogens (tertiary/aromatic N) is 6. The molecule has 0 bridgehead atoms. The van der Waals surface area contributed by atoms with Gasteiger partial charge in [0, 0.05) is 29.1 Å². The fourth-order valence-electron chi connectivity index (χ4n) is 5.65. The molecule has 0 fully saturated rings. The summed E-state index contributed by atoms with van der Waals surface area (Å²) in [7, 11) is 0. The fraction of sp³-hybridized carbons (Fsp3) is 0. The largest absolute Gasteiger partial charge is 0.255 e. The zero-order chi connectivity index (χ0) is 32.1. The molecule has 0 N–H and O–H groups in total. The van der Waals surface area contributed by atoms with Gasteiger partial charge in [-0.15, -0.1) is 0 Å². The van der Waals surface area contributed by atoms with Gasteiger partial charge in [-0.1, -0.05) is 103 Å². The molecule has 48 heavy (non-hydrogen) atoms. The molecule has 4 heterocycles. The van der Waals surface area contributed by atoms with E-state index in [1.807, 2.05) is 103 Å². The molecule has 6 heteroatoms. The van der Waals surface area contributed by atoms with Crippen LogP contribution in [0.25, 0.3) is 79.2 Å². The molecular formula is C42H28N6. The summed E-state index contributed by atoms with van der Waals surface area (Å²) in [6.07, 6.45) is 3.57. The lowest BCUT2D eigenvalue weighted by atomic mass is 9.95. The van der Waals surface area contributed by atoms with E-state index < -0.39 is 0 Å². The van der Waals surface area contributed by atoms with Gasteiger partial charge in [-0.2, -0.15) is 0 Å². The number of hydrogen-bond donors (Lipinski definition) is 0. The smallest absolute Gasteiger partial charge is 0.164 e. The van der Waals surface area contributed by atoms with E-state index in [0.717, 1.165) is 61.7 Å². The highest BCUT2D eigenvalue weighted by Gasteiger charge is 2.16. The van der Waals surface area contributed by atoms with E-state index in [-0.39, 0.29) is 0 Å². The first-order chi connectivity index (χ1) is 23.8. The normalized spacial score (nSPS) is 10.9. The Morgan fingerprint density at radius 2 is 0.625 bits per heavy atom. The first-order valence-electron chi connectivity index (χ1n) is 15.7. The van der Waals surface area contributed by atoms with E-state index in [1.54, 1.807) is 12.4 Å². The molecule has 0 aliphatic heterocycles. The van der Waals surface area contributed by atoms with E-state index in [9.17, 15) is 0 Å². The Labute approximate surface area is 278 Å². The maximum Gasteiger partial charge on any atom is 0.164 e. The summed E-state index contributed by atoms with van der Waals surface area (Å²) in [4.78, 5) is 29.2. The minimum Gasteiger partial charge on any atom is -0.255 e. The van der Waals surface area contributed by atoms with Gasteiger partial charge in [0.15, 0.2) is 17.5 Å². The summed E-state index contributed by atoms with van der Waals surface area (Å²) in [6.45, 7) is 0. The van der Waals surface area contributed by atoms with Crippen molar-refractivity contribution in [3.05, 3.63) is 170 Å². The Hall–Kier alpha value is -6.66. The Bertz CT molecular complexity index is 2050. The Balaban J connectivity index is 1.36. The van der Waals surface area contributed by atoms with Crippen LogP contribution in [0.2, 0.25) is 0 Å². The highest BCUT2D eigenvalue weighted by molar-refractivity contribution is 5.83. The quantitative estimate of drug-likeness (QED) is 0.177. The van der Waals surface area contributed by atoms with Crippen LogP contribution in [0, 0.1) is 0 Å². The van der Waals surface area contributed by atoms with E-state index >= 15 is 0 Å². The Morgan fingerprint density at radius 3 is 1.08 bits per heavy atom. The third-order valence-electron chi connectivity index (χ3n) is 8.01. The average molecular weight is 617 g/mol. The molecule has 0 atom stereocenters. The molecule has 0 aliphatic carbocycles. The number of aromatic nitrogens is 6. The van der Waals surface area contributed by atoms with Crippen LogP contribution >= 0.6 is 0 Å². The van der Waals surface area contributed by atoms with Crippen molar-refractivity contribution in [1.82, 2.24) is 29.9 Å². The summed E-state index contributed by atoms with van der Waals surface area (Å²) < 4.78 is 0. The summed E-state index contributed by atoms with van der Waals surface area (Å²) in [5, 5.41) is 0. The van der Waals surface area contributed by atoms with Crippen LogP contribution in [0.15, 0.2) is 170 Å². The summed E-state index contributed by atoms with van der Waals surface area (Å²) in [5.74, 6) is 1.82. The zero-order valence-corrected chi connectivity index (χ0v) is 25.8. The number of benzene rings is 4. The maximum atomic E-state index is 5.04. The van der Waals surface area contributed by atoms with Gasteiger partial charge in [0.05, 0.1) is 22.8 Å². The molecule has 4 aromatic carbocycles. The van der Waals surface area contributed by atoms with Gasteiger partial charge in [0.25, 0.3) is 0 Å². The van der Waals surface area contributed by atoms with Crippen LogP contribution < -0.4 is 0 Å². The van der Waals surface area contributed by atoms with Gasteiger partial charge in [0.2, 0.25) is 0 Å². The molecule has 6 nitrogen and oxygen atoms in total. The predicted molar refractivity (Wildman–Crippen MR) is 191 cm³/mol. The second-order valence-electron chi connectivity index (χ2n) is 11.3. The standard InChI is InChI=1S/C42H28N6/c1-4-14-29(15-5-1)32-24-33(34-27-38(36-20-10-12-22-43-36)45-39(28-34)37-21-11-13-23-44-37)26-35(25-32)42-47-40(30-16-6-2-7-17-30)46-41(48-42)31-18-8-3-9-19-31/h1-28H. The van der Waals surface area contributed by atoms with Crippen molar-refractivity contribution in [2.24, 2.45) is 0 Å². The van der Waals surface area contributed by atoms with Gasteiger partial charge < -0.3 is 0 Å². The second-order valence-corrected chi connectivity index (χ2v) is 11.3. The molecule has 0 saturated heterocycles. The van der Waals surface area contributed by atoms with Crippen molar-refractivity contribution in [3.8, 4) is 79.2 Å². The van der Waals surface area contributed by atoms with Crippen molar-refractivity contribution in [3.63, 3.8) is 0 Å². The highest BCUT2D eigenvalue weighted by atomic mass is 15.0. The van der Waals surface area contributed by atoms with Crippen molar-refractivity contribution in [2.45, 2.75) is 0 Å². The fourth-order valence-corrected chi connectivity index (χ4v) is 5.65. The second kappa shape index (κ2) is 13.0. The first-order valence-corrected chi connectivity index (χ1v) is 15.7. The third-order valence-corrected chi connectivity index (χ3v) is 8.01. The molecule has 0 spiro atoms. The van der Waals surface area contributed by atoms with Crippen molar-refractivity contribution < 1.29 is 0 Å². The molecule has 0 radical (unpaired) electrons. The molecule has 8 rings (SSSR count). The molecule has 0 saturated carbocycles. The molecule has 0 amide bonds. The minimum absolute atomic E-state index is 0.589. The van der Waals surface area contributed by atoms with E-state index in [4.69, 9.17) is 19.9 Å². The van der Waals surface area contributed by atoms with Crippen LogP contribution in [0.4, 0.5) is 0 Å². The van der Waals surface area contributed by atoms with Crippen molar-refractivity contribution in [2.75, 3.05) is 0 Å². The highest BCUT2D eigenvalue weighted by Crippen LogP contribution is 2.35. The topological polar surface area (TPSA) is 77.3 Å². The molecule has 4 aromatic heterocycles. The summed E-state index contributed by atoms with van der Waals surface area (Å²) in [6, 6.07) is 52.8. The predicted octanol–water partition coefficient (Wildman–Crippen LogP) is 9.73. The average Bonchev–Trinajstić information content (AvgIpc) is 3.19. The lowest BCUT2D eigenvalue weighted by Crippen LogP contribution is -2.00. The van der Waals surface area contributed by atoms with Crippen molar-refractivity contribution >= 4 is 0 Å². The molecule has 8 aromatic rings. The lowest BCUT2D eigenvalue weighted by Gasteiger charge is -2.14. The monoisotopic (exact) mass is 616 g/mol. The number of pyridine rings is 3. The molecular weight excluding hydrogens is 589 g/mol. The van der Waals surface area contributed by atoms with Crippen LogP contribution in [0.3, 0.4) is 0 Å². The SMILES string of the molecule is c1ccc(-c2cc(-c3cc(-c4ccccn4)nc(-c4ccccn4)c3)cc(-c3nc(-c4ccccc4)nc(-c4ccccc4)n3)c2)cc1. The molecule has 0 unspecified atom stereocenters. The Morgan fingerprint density at radius 1 is 0.250 bits per heavy atom. The van der Waals surface area contributed by atoms with Crippen LogP contribution in [0.1, 0.15) is 0 Å². The van der Waals surface area contributed by atoms with Crippen molar-refractivity contribution in [1.29, 1.82) is 0 Å². The number of rotatable bonds is 7. The van der Waals surface area contributed by atoms with E-state index in [1.165, 1.54) is 0 Å². The molecule has 226 valence electrons. The maximum absolute atomic E-state index is 5.04. The van der Waals surface area contributed by atoms with Gasteiger partial charge in [-0.25, -0.2) is 19.9 Å². The van der Waals surface area contributed by atoms with Gasteiger partial charge >= 0.3 is 0 Å². The Kier molecular flexibility index (Phi) is 7.79. The van der Waals surface area contributed by atoms with E-state index in [2.05, 4.69) is 64.6 Å². The molecule has 0 aliphatic rings. The van der Waals surface area contributed by atoms with Gasteiger partial charge in [-0.3, -0.25) is 9.97 Å². The van der Waals surface area contributed by atoms with Gasteiger partial charge in [-0.05, 0) is 76.9 Å². The van der Waals surface area contributed by atoms with Crippen LogP contribution in [0.5, 0.6) is 0 Å². The third kappa shape index (κ3) is 6.10. The summed E-state index contributed by atoms with van der Waals surface area (Å²) in [5.41, 5.74) is 9.92. The van der Waals surface area contributed by atoms with Crippen LogP contribution in [-0.2, 0) is 0 Å². The summed E-state index contributed by atoms with van der Waals surface area (Å²) >= 11 is 0. The minimum atomic E-state index is 0.589. The first kappa shape index (κ1) is 28.8. The zero-order valence-electron chi connectivity index (χ0n) is 25.8. The van der Waals surface area contributed by atoms with E-state index in [0.29, 0.717) is 17.5 Å². The lowest BCUT2D eigenvalue weighted by molar-refractivity contribution is 1.07. The van der Waals surface area contributed by atoms with Gasteiger partial charge in [0.1, 0.15) is 0 Å². The van der Waals surface area contributed by atoms with Crippen LogP contribution in [-0.4, -0.2) is 29.9 Å².